The van der Waals surface area contributed by atoms with E-state index in [0.29, 0.717) is 5.41 Å². The summed E-state index contributed by atoms with van der Waals surface area (Å²) in [5.74, 6) is 0. The highest BCUT2D eigenvalue weighted by Crippen LogP contribution is 2.44. The van der Waals surface area contributed by atoms with E-state index in [0.717, 1.165) is 6.04 Å². The van der Waals surface area contributed by atoms with Crippen molar-refractivity contribution in [3.8, 4) is 0 Å². The maximum Gasteiger partial charge on any atom is 0.0125 e. The third-order valence-corrected chi connectivity index (χ3v) is 4.71. The molecule has 86 valence electrons. The normalized spacial score (nSPS) is 32.9. The predicted octanol–water partition coefficient (Wildman–Crippen LogP) is 2.93. The summed E-state index contributed by atoms with van der Waals surface area (Å²) >= 11 is 0. The molecule has 1 heteroatoms. The van der Waals surface area contributed by atoms with Crippen LogP contribution in [0.4, 0.5) is 0 Å². The van der Waals surface area contributed by atoms with E-state index in [-0.39, 0.29) is 0 Å². The molecule has 1 aromatic carbocycles. The molecule has 1 aromatic rings. The van der Waals surface area contributed by atoms with Gasteiger partial charge in [0.2, 0.25) is 0 Å². The van der Waals surface area contributed by atoms with Gasteiger partial charge in [-0.2, -0.15) is 0 Å². The number of hydrogen-bond donors (Lipinski definition) is 1. The van der Waals surface area contributed by atoms with E-state index in [9.17, 15) is 0 Å². The van der Waals surface area contributed by atoms with Crippen LogP contribution in [-0.4, -0.2) is 12.6 Å². The summed E-state index contributed by atoms with van der Waals surface area (Å²) in [4.78, 5) is 0. The maximum atomic E-state index is 3.70. The van der Waals surface area contributed by atoms with Gasteiger partial charge in [0, 0.05) is 6.04 Å². The first-order valence-electron chi connectivity index (χ1n) is 6.64. The Kier molecular flexibility index (Phi) is 2.51. The van der Waals surface area contributed by atoms with Crippen LogP contribution in [0, 0.1) is 5.41 Å². The maximum absolute atomic E-state index is 3.70. The van der Waals surface area contributed by atoms with E-state index in [2.05, 4.69) is 36.5 Å². The monoisotopic (exact) mass is 215 g/mol. The highest BCUT2D eigenvalue weighted by molar-refractivity contribution is 5.32. The minimum absolute atomic E-state index is 0.573. The van der Waals surface area contributed by atoms with Crippen molar-refractivity contribution in [3.63, 3.8) is 0 Å². The largest absolute Gasteiger partial charge is 0.313 e. The minimum Gasteiger partial charge on any atom is -0.313 e. The van der Waals surface area contributed by atoms with Crippen LogP contribution in [0.1, 0.15) is 37.3 Å². The molecule has 1 nitrogen and oxygen atoms in total. The van der Waals surface area contributed by atoms with E-state index in [1.165, 1.54) is 38.6 Å². The van der Waals surface area contributed by atoms with Crippen molar-refractivity contribution in [3.05, 3.63) is 35.4 Å². The SMILES string of the molecule is CCC1NCCC12CCc1ccccc1C2. The van der Waals surface area contributed by atoms with Crippen LogP contribution in [-0.2, 0) is 12.8 Å². The molecule has 0 radical (unpaired) electrons. The van der Waals surface area contributed by atoms with Crippen LogP contribution in [0.3, 0.4) is 0 Å². The molecule has 1 saturated heterocycles. The molecule has 0 bridgehead atoms. The molecule has 0 saturated carbocycles. The van der Waals surface area contributed by atoms with Crippen LogP contribution in [0.5, 0.6) is 0 Å². The van der Waals surface area contributed by atoms with Crippen LogP contribution in [0.15, 0.2) is 24.3 Å². The topological polar surface area (TPSA) is 12.0 Å². The molecular weight excluding hydrogens is 194 g/mol. The van der Waals surface area contributed by atoms with Gasteiger partial charge in [-0.25, -0.2) is 0 Å². The quantitative estimate of drug-likeness (QED) is 0.759. The fourth-order valence-electron chi connectivity index (χ4n) is 3.80. The van der Waals surface area contributed by atoms with Crippen molar-refractivity contribution in [1.29, 1.82) is 0 Å². The molecule has 1 N–H and O–H groups in total. The molecule has 0 amide bonds. The lowest BCUT2D eigenvalue weighted by Crippen LogP contribution is -2.40. The smallest absolute Gasteiger partial charge is 0.0125 e. The van der Waals surface area contributed by atoms with Crippen LogP contribution in [0.25, 0.3) is 0 Å². The van der Waals surface area contributed by atoms with E-state index in [1.807, 2.05) is 0 Å². The van der Waals surface area contributed by atoms with Gasteiger partial charge in [0.15, 0.2) is 0 Å². The number of rotatable bonds is 1. The molecule has 0 aromatic heterocycles. The van der Waals surface area contributed by atoms with E-state index >= 15 is 0 Å². The second kappa shape index (κ2) is 3.89. The van der Waals surface area contributed by atoms with Crippen molar-refractivity contribution in [2.45, 2.75) is 45.1 Å². The average Bonchev–Trinajstić information content (AvgIpc) is 2.71. The third-order valence-electron chi connectivity index (χ3n) is 4.71. The van der Waals surface area contributed by atoms with Crippen molar-refractivity contribution >= 4 is 0 Å². The fourth-order valence-corrected chi connectivity index (χ4v) is 3.80. The van der Waals surface area contributed by atoms with E-state index in [4.69, 9.17) is 0 Å². The first-order chi connectivity index (χ1) is 7.84. The molecular formula is C15H21N. The zero-order valence-electron chi connectivity index (χ0n) is 10.1. The highest BCUT2D eigenvalue weighted by atomic mass is 15.0. The van der Waals surface area contributed by atoms with Gasteiger partial charge in [-0.3, -0.25) is 0 Å². The summed E-state index contributed by atoms with van der Waals surface area (Å²) in [5.41, 5.74) is 3.77. The van der Waals surface area contributed by atoms with Gasteiger partial charge in [-0.05, 0) is 55.2 Å². The molecule has 2 unspecified atom stereocenters. The second-order valence-corrected chi connectivity index (χ2v) is 5.47. The Morgan fingerprint density at radius 2 is 2.06 bits per heavy atom. The van der Waals surface area contributed by atoms with Gasteiger partial charge in [-0.15, -0.1) is 0 Å². The summed E-state index contributed by atoms with van der Waals surface area (Å²) in [7, 11) is 0. The number of fused-ring (bicyclic) bond motifs is 1. The molecule has 1 heterocycles. The fraction of sp³-hybridized carbons (Fsp3) is 0.600. The Bertz CT molecular complexity index is 385. The first kappa shape index (κ1) is 10.3. The van der Waals surface area contributed by atoms with E-state index in [1.54, 1.807) is 11.1 Å². The van der Waals surface area contributed by atoms with Crippen molar-refractivity contribution in [2.75, 3.05) is 6.54 Å². The molecule has 16 heavy (non-hydrogen) atoms. The summed E-state index contributed by atoms with van der Waals surface area (Å²) in [6.07, 6.45) is 6.63. The molecule has 2 atom stereocenters. The Hall–Kier alpha value is -0.820. The van der Waals surface area contributed by atoms with Gasteiger partial charge in [0.25, 0.3) is 0 Å². The molecule has 1 aliphatic carbocycles. The zero-order valence-corrected chi connectivity index (χ0v) is 10.1. The van der Waals surface area contributed by atoms with Gasteiger partial charge in [0.1, 0.15) is 0 Å². The number of aryl methyl sites for hydroxylation is 1. The Balaban J connectivity index is 1.92. The van der Waals surface area contributed by atoms with E-state index < -0.39 is 0 Å². The summed E-state index contributed by atoms with van der Waals surface area (Å²) < 4.78 is 0. The second-order valence-electron chi connectivity index (χ2n) is 5.47. The third kappa shape index (κ3) is 1.49. The van der Waals surface area contributed by atoms with Crippen LogP contribution >= 0.6 is 0 Å². The lowest BCUT2D eigenvalue weighted by atomic mass is 9.66. The molecule has 1 fully saturated rings. The number of hydrogen-bond acceptors (Lipinski definition) is 1. The zero-order chi connectivity index (χ0) is 11.0. The number of benzene rings is 1. The lowest BCUT2D eigenvalue weighted by molar-refractivity contribution is 0.207. The van der Waals surface area contributed by atoms with Crippen molar-refractivity contribution in [2.24, 2.45) is 5.41 Å². The summed E-state index contributed by atoms with van der Waals surface area (Å²) in [6, 6.07) is 9.77. The molecule has 3 rings (SSSR count). The average molecular weight is 215 g/mol. The minimum atomic E-state index is 0.573. The number of nitrogens with one attached hydrogen (secondary N) is 1. The van der Waals surface area contributed by atoms with Crippen LogP contribution in [0.2, 0.25) is 0 Å². The summed E-state index contributed by atoms with van der Waals surface area (Å²) in [5, 5.41) is 3.70. The lowest BCUT2D eigenvalue weighted by Gasteiger charge is -2.39. The standard InChI is InChI=1S/C15H21N/c1-2-14-15(9-10-16-14)8-7-12-5-3-4-6-13(12)11-15/h3-6,14,16H,2,7-11H2,1H3. The Morgan fingerprint density at radius 3 is 2.88 bits per heavy atom. The highest BCUT2D eigenvalue weighted by Gasteiger charge is 2.43. The van der Waals surface area contributed by atoms with Crippen molar-refractivity contribution < 1.29 is 0 Å². The van der Waals surface area contributed by atoms with Crippen LogP contribution < -0.4 is 5.32 Å². The van der Waals surface area contributed by atoms with Gasteiger partial charge in [0.05, 0.1) is 0 Å². The Labute approximate surface area is 98.3 Å². The van der Waals surface area contributed by atoms with Gasteiger partial charge >= 0.3 is 0 Å². The first-order valence-corrected chi connectivity index (χ1v) is 6.64. The molecule has 1 aliphatic heterocycles. The molecule has 2 aliphatic rings. The predicted molar refractivity (Wildman–Crippen MR) is 67.6 cm³/mol. The van der Waals surface area contributed by atoms with Gasteiger partial charge in [-0.1, -0.05) is 31.2 Å². The van der Waals surface area contributed by atoms with Gasteiger partial charge < -0.3 is 5.32 Å². The van der Waals surface area contributed by atoms with Crippen molar-refractivity contribution in [1.82, 2.24) is 5.32 Å². The Morgan fingerprint density at radius 1 is 1.25 bits per heavy atom. The molecule has 1 spiro atoms. The summed E-state index contributed by atoms with van der Waals surface area (Å²) in [6.45, 7) is 3.55.